The number of piperidine rings is 2. The molecule has 8 heteroatoms. The molecule has 0 saturated carbocycles. The highest BCUT2D eigenvalue weighted by atomic mass is 16.5. The number of carbonyl (C=O) groups is 2. The standard InChI is InChI=1S/C26H30N4O4/c1-33-21-6-3-19(4-7-21)23-8-9-24(34-23)26(32)29-15-11-22-20(17-29)5-10-25(31)30(22)14-2-13-28-16-12-27-18-28/h3-4,6-9,12,16,18,20,22H,2,5,10-11,13-15,17H2,1H3/t20-,22+/m1/s1. The van der Waals surface area contributed by atoms with E-state index in [1.54, 1.807) is 25.7 Å². The van der Waals surface area contributed by atoms with Gasteiger partial charge in [0.2, 0.25) is 5.91 Å². The van der Waals surface area contributed by atoms with Crippen molar-refractivity contribution < 1.29 is 18.7 Å². The van der Waals surface area contributed by atoms with Crippen LogP contribution in [0.15, 0.2) is 59.5 Å². The lowest BCUT2D eigenvalue weighted by atomic mass is 9.83. The molecule has 2 amide bonds. The molecule has 34 heavy (non-hydrogen) atoms. The summed E-state index contributed by atoms with van der Waals surface area (Å²) in [6.45, 7) is 2.88. The van der Waals surface area contributed by atoms with Crippen molar-refractivity contribution in [1.29, 1.82) is 0 Å². The van der Waals surface area contributed by atoms with E-state index in [2.05, 4.69) is 9.88 Å². The van der Waals surface area contributed by atoms with Crippen molar-refractivity contribution in [2.75, 3.05) is 26.7 Å². The monoisotopic (exact) mass is 462 g/mol. The van der Waals surface area contributed by atoms with E-state index in [0.717, 1.165) is 43.7 Å². The number of hydrogen-bond donors (Lipinski definition) is 0. The largest absolute Gasteiger partial charge is 0.497 e. The lowest BCUT2D eigenvalue weighted by Gasteiger charge is -2.47. The van der Waals surface area contributed by atoms with Crippen molar-refractivity contribution in [3.63, 3.8) is 0 Å². The first-order chi connectivity index (χ1) is 16.6. The predicted octanol–water partition coefficient (Wildman–Crippen LogP) is 3.70. The van der Waals surface area contributed by atoms with Gasteiger partial charge in [0.25, 0.3) is 5.91 Å². The first-order valence-corrected chi connectivity index (χ1v) is 11.9. The van der Waals surface area contributed by atoms with Crippen molar-refractivity contribution in [1.82, 2.24) is 19.4 Å². The lowest BCUT2D eigenvalue weighted by Crippen LogP contribution is -2.57. The average molecular weight is 463 g/mol. The molecule has 178 valence electrons. The van der Waals surface area contributed by atoms with Crippen molar-refractivity contribution in [2.45, 2.75) is 38.3 Å². The number of imidazole rings is 1. The van der Waals surface area contributed by atoms with Gasteiger partial charge >= 0.3 is 0 Å². The maximum Gasteiger partial charge on any atom is 0.289 e. The van der Waals surface area contributed by atoms with Gasteiger partial charge in [-0.05, 0) is 61.6 Å². The number of carbonyl (C=O) groups excluding carboxylic acids is 2. The molecule has 2 aliphatic rings. The zero-order valence-corrected chi connectivity index (χ0v) is 19.4. The number of fused-ring (bicyclic) bond motifs is 1. The fraction of sp³-hybridized carbons (Fsp3) is 0.423. The van der Waals surface area contributed by atoms with Crippen molar-refractivity contribution in [3.8, 4) is 17.1 Å². The van der Waals surface area contributed by atoms with Crippen LogP contribution in [0.5, 0.6) is 5.75 Å². The molecule has 2 saturated heterocycles. The van der Waals surface area contributed by atoms with E-state index in [0.29, 0.717) is 36.9 Å². The number of ether oxygens (including phenoxy) is 1. The molecule has 0 unspecified atom stereocenters. The predicted molar refractivity (Wildman–Crippen MR) is 126 cm³/mol. The number of nitrogens with zero attached hydrogens (tertiary/aromatic N) is 4. The second kappa shape index (κ2) is 9.75. The molecular weight excluding hydrogens is 432 g/mol. The molecule has 2 aromatic heterocycles. The van der Waals surface area contributed by atoms with Crippen molar-refractivity contribution in [2.24, 2.45) is 5.92 Å². The summed E-state index contributed by atoms with van der Waals surface area (Å²) < 4.78 is 13.2. The SMILES string of the molecule is COc1ccc(-c2ccc(C(=O)N3CC[C@H]4[C@H](CCC(=O)N4CCCn4ccnc4)C3)o2)cc1. The van der Waals surface area contributed by atoms with E-state index in [-0.39, 0.29) is 17.9 Å². The Morgan fingerprint density at radius 3 is 2.76 bits per heavy atom. The van der Waals surface area contributed by atoms with Gasteiger partial charge in [0.15, 0.2) is 5.76 Å². The van der Waals surface area contributed by atoms with E-state index < -0.39 is 0 Å². The normalized spacial score (nSPS) is 20.3. The number of amides is 2. The van der Waals surface area contributed by atoms with E-state index in [4.69, 9.17) is 9.15 Å². The molecule has 1 aromatic carbocycles. The van der Waals surface area contributed by atoms with Crippen LogP contribution in [0.25, 0.3) is 11.3 Å². The highest BCUT2D eigenvalue weighted by Gasteiger charge is 2.40. The van der Waals surface area contributed by atoms with Gasteiger partial charge in [0.05, 0.1) is 13.4 Å². The van der Waals surface area contributed by atoms with Crippen LogP contribution in [0.2, 0.25) is 0 Å². The molecule has 4 heterocycles. The van der Waals surface area contributed by atoms with Crippen LogP contribution < -0.4 is 4.74 Å². The van der Waals surface area contributed by atoms with Gasteiger partial charge in [-0.25, -0.2) is 4.98 Å². The minimum atomic E-state index is -0.0817. The lowest BCUT2D eigenvalue weighted by molar-refractivity contribution is -0.140. The summed E-state index contributed by atoms with van der Waals surface area (Å²) in [5.74, 6) is 2.25. The van der Waals surface area contributed by atoms with Gasteiger partial charge in [-0.2, -0.15) is 0 Å². The Balaban J connectivity index is 1.20. The highest BCUT2D eigenvalue weighted by Crippen LogP contribution is 2.33. The van der Waals surface area contributed by atoms with Gasteiger partial charge in [-0.1, -0.05) is 0 Å². The van der Waals surface area contributed by atoms with Crippen LogP contribution in [-0.4, -0.2) is 64.0 Å². The average Bonchev–Trinajstić information content (AvgIpc) is 3.57. The molecule has 0 radical (unpaired) electrons. The number of methoxy groups -OCH3 is 1. The minimum Gasteiger partial charge on any atom is -0.497 e. The van der Waals surface area contributed by atoms with Gasteiger partial charge < -0.3 is 23.5 Å². The fourth-order valence-corrected chi connectivity index (χ4v) is 5.19. The van der Waals surface area contributed by atoms with Crippen molar-refractivity contribution >= 4 is 11.8 Å². The summed E-state index contributed by atoms with van der Waals surface area (Å²) in [6, 6.07) is 11.4. The Morgan fingerprint density at radius 2 is 2.00 bits per heavy atom. The summed E-state index contributed by atoms with van der Waals surface area (Å²) in [4.78, 5) is 33.9. The number of benzene rings is 1. The van der Waals surface area contributed by atoms with Gasteiger partial charge in [0, 0.05) is 56.6 Å². The van der Waals surface area contributed by atoms with Gasteiger partial charge in [-0.3, -0.25) is 9.59 Å². The number of rotatable bonds is 7. The summed E-state index contributed by atoms with van der Waals surface area (Å²) in [6.07, 6.45) is 8.61. The van der Waals surface area contributed by atoms with Crippen LogP contribution in [-0.2, 0) is 11.3 Å². The van der Waals surface area contributed by atoms with Crippen LogP contribution in [0.3, 0.4) is 0 Å². The van der Waals surface area contributed by atoms with Crippen LogP contribution in [0.4, 0.5) is 0 Å². The third kappa shape index (κ3) is 4.58. The molecule has 0 aliphatic carbocycles. The number of hydrogen-bond acceptors (Lipinski definition) is 5. The van der Waals surface area contributed by atoms with E-state index >= 15 is 0 Å². The Labute approximate surface area is 199 Å². The number of aryl methyl sites for hydroxylation is 1. The molecule has 5 rings (SSSR count). The van der Waals surface area contributed by atoms with Crippen LogP contribution >= 0.6 is 0 Å². The Morgan fingerprint density at radius 1 is 1.15 bits per heavy atom. The molecule has 0 spiro atoms. The fourth-order valence-electron chi connectivity index (χ4n) is 5.19. The molecular formula is C26H30N4O4. The summed E-state index contributed by atoms with van der Waals surface area (Å²) in [5.41, 5.74) is 0.899. The molecule has 0 N–H and O–H groups in total. The Hall–Kier alpha value is -3.55. The Kier molecular flexibility index (Phi) is 6.38. The summed E-state index contributed by atoms with van der Waals surface area (Å²) in [7, 11) is 1.63. The molecule has 2 aliphatic heterocycles. The molecule has 2 fully saturated rings. The van der Waals surface area contributed by atoms with Gasteiger partial charge in [0.1, 0.15) is 11.5 Å². The summed E-state index contributed by atoms with van der Waals surface area (Å²) >= 11 is 0. The van der Waals surface area contributed by atoms with Crippen LogP contribution in [0.1, 0.15) is 36.2 Å². The van der Waals surface area contributed by atoms with Gasteiger partial charge in [-0.15, -0.1) is 0 Å². The maximum absolute atomic E-state index is 13.2. The quantitative estimate of drug-likeness (QED) is 0.535. The Bertz CT molecular complexity index is 1120. The smallest absolute Gasteiger partial charge is 0.289 e. The topological polar surface area (TPSA) is 80.8 Å². The van der Waals surface area contributed by atoms with Crippen molar-refractivity contribution in [3.05, 3.63) is 60.9 Å². The van der Waals surface area contributed by atoms with E-state index in [1.807, 2.05) is 46.0 Å². The zero-order valence-electron chi connectivity index (χ0n) is 19.4. The third-order valence-electron chi connectivity index (χ3n) is 7.00. The second-order valence-electron chi connectivity index (χ2n) is 9.04. The summed E-state index contributed by atoms with van der Waals surface area (Å²) in [5, 5.41) is 0. The van der Waals surface area contributed by atoms with E-state index in [9.17, 15) is 9.59 Å². The number of furan rings is 1. The maximum atomic E-state index is 13.2. The van der Waals surface area contributed by atoms with E-state index in [1.165, 1.54) is 0 Å². The molecule has 0 bridgehead atoms. The first kappa shape index (κ1) is 22.3. The second-order valence-corrected chi connectivity index (χ2v) is 9.04. The number of aromatic nitrogens is 2. The molecule has 8 nitrogen and oxygen atoms in total. The zero-order chi connectivity index (χ0) is 23.5. The minimum absolute atomic E-state index is 0.0817. The molecule has 3 aromatic rings. The first-order valence-electron chi connectivity index (χ1n) is 11.9. The third-order valence-corrected chi connectivity index (χ3v) is 7.00. The number of likely N-dealkylation sites (tertiary alicyclic amines) is 2. The highest BCUT2D eigenvalue weighted by molar-refractivity contribution is 5.92. The van der Waals surface area contributed by atoms with Crippen LogP contribution in [0, 0.1) is 5.92 Å². The molecule has 2 atom stereocenters.